The summed E-state index contributed by atoms with van der Waals surface area (Å²) in [5, 5.41) is 4.86. The van der Waals surface area contributed by atoms with Crippen LogP contribution in [0.5, 0.6) is 5.75 Å². The second kappa shape index (κ2) is 8.48. The Morgan fingerprint density at radius 3 is 2.46 bits per heavy atom. The Hall–Kier alpha value is -2.16. The number of benzene rings is 3. The minimum Gasteiger partial charge on any atom is -0.488 e. The third-order valence-electron chi connectivity index (χ3n) is 4.21. The molecule has 0 unspecified atom stereocenters. The molecule has 0 radical (unpaired) electrons. The van der Waals surface area contributed by atoms with E-state index in [-0.39, 0.29) is 0 Å². The van der Waals surface area contributed by atoms with Crippen molar-refractivity contribution in [3.05, 3.63) is 93.0 Å². The van der Waals surface area contributed by atoms with Crippen molar-refractivity contribution in [3.63, 3.8) is 0 Å². The highest BCUT2D eigenvalue weighted by molar-refractivity contribution is 6.31. The average Bonchev–Trinajstić information content (AvgIpc) is 2.61. The van der Waals surface area contributed by atoms with Crippen LogP contribution in [-0.4, -0.2) is 0 Å². The first-order valence-electron chi connectivity index (χ1n) is 8.48. The summed E-state index contributed by atoms with van der Waals surface area (Å²) >= 11 is 12.4. The highest BCUT2D eigenvalue weighted by atomic mass is 35.5. The van der Waals surface area contributed by atoms with E-state index in [9.17, 15) is 0 Å². The molecule has 0 atom stereocenters. The Morgan fingerprint density at radius 2 is 1.69 bits per heavy atom. The standard InChI is InChI=1S/C22H21Cl2NO/c1-15-7-9-21(16(2)11-15)25-13-18-12-19(23)8-10-22(18)26-14-17-5-3-4-6-20(17)24/h3-12,25H,13-14H2,1-2H3. The van der Waals surface area contributed by atoms with E-state index in [0.717, 1.165) is 22.6 Å². The number of ether oxygens (including phenoxy) is 1. The van der Waals surface area contributed by atoms with Gasteiger partial charge in [-0.05, 0) is 49.7 Å². The Bertz CT molecular complexity index is 908. The van der Waals surface area contributed by atoms with Crippen LogP contribution in [-0.2, 0) is 13.2 Å². The quantitative estimate of drug-likeness (QED) is 0.503. The van der Waals surface area contributed by atoms with Crippen LogP contribution in [0.4, 0.5) is 5.69 Å². The maximum atomic E-state index is 6.21. The van der Waals surface area contributed by atoms with Crippen LogP contribution in [0.3, 0.4) is 0 Å². The molecule has 2 nitrogen and oxygen atoms in total. The van der Waals surface area contributed by atoms with Gasteiger partial charge in [-0.15, -0.1) is 0 Å². The van der Waals surface area contributed by atoms with Crippen LogP contribution in [0.25, 0.3) is 0 Å². The lowest BCUT2D eigenvalue weighted by molar-refractivity contribution is 0.303. The first-order valence-corrected chi connectivity index (χ1v) is 9.24. The number of hydrogen-bond acceptors (Lipinski definition) is 2. The van der Waals surface area contributed by atoms with Crippen molar-refractivity contribution < 1.29 is 4.74 Å². The van der Waals surface area contributed by atoms with Crippen LogP contribution in [0.2, 0.25) is 10.0 Å². The lowest BCUT2D eigenvalue weighted by atomic mass is 10.1. The number of rotatable bonds is 6. The van der Waals surface area contributed by atoms with E-state index in [0.29, 0.717) is 23.2 Å². The van der Waals surface area contributed by atoms with Gasteiger partial charge in [-0.1, -0.05) is 59.1 Å². The summed E-state index contributed by atoms with van der Waals surface area (Å²) < 4.78 is 6.01. The van der Waals surface area contributed by atoms with Crippen molar-refractivity contribution in [1.82, 2.24) is 0 Å². The molecular weight excluding hydrogens is 365 g/mol. The van der Waals surface area contributed by atoms with E-state index in [2.05, 4.69) is 37.4 Å². The largest absolute Gasteiger partial charge is 0.488 e. The molecule has 3 rings (SSSR count). The van der Waals surface area contributed by atoms with Crippen molar-refractivity contribution >= 4 is 28.9 Å². The van der Waals surface area contributed by atoms with E-state index < -0.39 is 0 Å². The van der Waals surface area contributed by atoms with Crippen molar-refractivity contribution in [3.8, 4) is 5.75 Å². The molecule has 0 saturated heterocycles. The molecule has 0 aliphatic heterocycles. The maximum Gasteiger partial charge on any atom is 0.124 e. The lowest BCUT2D eigenvalue weighted by Crippen LogP contribution is -2.05. The molecule has 4 heteroatoms. The fourth-order valence-electron chi connectivity index (χ4n) is 2.80. The zero-order valence-corrected chi connectivity index (χ0v) is 16.4. The summed E-state index contributed by atoms with van der Waals surface area (Å²) in [5.74, 6) is 0.798. The van der Waals surface area contributed by atoms with E-state index in [1.807, 2.05) is 42.5 Å². The van der Waals surface area contributed by atoms with E-state index in [1.54, 1.807) is 0 Å². The first-order chi connectivity index (χ1) is 12.5. The molecule has 0 spiro atoms. The van der Waals surface area contributed by atoms with Gasteiger partial charge in [-0.3, -0.25) is 0 Å². The zero-order chi connectivity index (χ0) is 18.5. The fraction of sp³-hybridized carbons (Fsp3) is 0.182. The highest BCUT2D eigenvalue weighted by Crippen LogP contribution is 2.27. The Labute approximate surface area is 164 Å². The van der Waals surface area contributed by atoms with E-state index >= 15 is 0 Å². The van der Waals surface area contributed by atoms with Crippen LogP contribution in [0.15, 0.2) is 60.7 Å². The topological polar surface area (TPSA) is 21.3 Å². The third-order valence-corrected chi connectivity index (χ3v) is 4.82. The van der Waals surface area contributed by atoms with Gasteiger partial charge in [0.25, 0.3) is 0 Å². The monoisotopic (exact) mass is 385 g/mol. The Balaban J connectivity index is 1.74. The summed E-state index contributed by atoms with van der Waals surface area (Å²) in [7, 11) is 0. The number of anilines is 1. The average molecular weight is 386 g/mol. The van der Waals surface area contributed by atoms with E-state index in [4.69, 9.17) is 27.9 Å². The Kier molecular flexibility index (Phi) is 6.08. The molecular formula is C22H21Cl2NO. The fourth-order valence-corrected chi connectivity index (χ4v) is 3.19. The molecule has 134 valence electrons. The number of hydrogen-bond donors (Lipinski definition) is 1. The van der Waals surface area contributed by atoms with Gasteiger partial charge in [-0.25, -0.2) is 0 Å². The zero-order valence-electron chi connectivity index (χ0n) is 14.9. The SMILES string of the molecule is Cc1ccc(NCc2cc(Cl)ccc2OCc2ccccc2Cl)c(C)c1. The van der Waals surface area contributed by atoms with Gasteiger partial charge in [-0.2, -0.15) is 0 Å². The molecule has 0 bridgehead atoms. The maximum absolute atomic E-state index is 6.21. The molecule has 3 aromatic rings. The molecule has 3 aromatic carbocycles. The van der Waals surface area contributed by atoms with Gasteiger partial charge >= 0.3 is 0 Å². The van der Waals surface area contributed by atoms with Crippen molar-refractivity contribution in [2.24, 2.45) is 0 Å². The second-order valence-electron chi connectivity index (χ2n) is 6.30. The molecule has 0 heterocycles. The smallest absolute Gasteiger partial charge is 0.124 e. The first kappa shape index (κ1) is 18.6. The minimum atomic E-state index is 0.415. The third kappa shape index (κ3) is 4.72. The molecule has 0 amide bonds. The Morgan fingerprint density at radius 1 is 0.885 bits per heavy atom. The summed E-state index contributed by atoms with van der Waals surface area (Å²) in [6.45, 7) is 5.23. The van der Waals surface area contributed by atoms with Gasteiger partial charge in [0.15, 0.2) is 0 Å². The minimum absolute atomic E-state index is 0.415. The molecule has 0 aliphatic carbocycles. The van der Waals surface area contributed by atoms with E-state index in [1.165, 1.54) is 11.1 Å². The second-order valence-corrected chi connectivity index (χ2v) is 7.15. The number of nitrogens with one attached hydrogen (secondary N) is 1. The van der Waals surface area contributed by atoms with Crippen LogP contribution in [0, 0.1) is 13.8 Å². The summed E-state index contributed by atoms with van der Waals surface area (Å²) in [6.07, 6.45) is 0. The predicted molar refractivity (Wildman–Crippen MR) is 110 cm³/mol. The van der Waals surface area contributed by atoms with Crippen molar-refractivity contribution in [2.45, 2.75) is 27.0 Å². The van der Waals surface area contributed by atoms with Gasteiger partial charge in [0, 0.05) is 33.4 Å². The van der Waals surface area contributed by atoms with Crippen LogP contribution in [0.1, 0.15) is 22.3 Å². The number of aryl methyl sites for hydroxylation is 2. The van der Waals surface area contributed by atoms with Gasteiger partial charge < -0.3 is 10.1 Å². The normalized spacial score (nSPS) is 10.6. The molecule has 0 saturated carbocycles. The molecule has 26 heavy (non-hydrogen) atoms. The highest BCUT2D eigenvalue weighted by Gasteiger charge is 2.08. The molecule has 0 fully saturated rings. The van der Waals surface area contributed by atoms with Gasteiger partial charge in [0.2, 0.25) is 0 Å². The number of halogens is 2. The van der Waals surface area contributed by atoms with Gasteiger partial charge in [0.05, 0.1) is 0 Å². The van der Waals surface area contributed by atoms with Crippen molar-refractivity contribution in [2.75, 3.05) is 5.32 Å². The molecule has 0 aromatic heterocycles. The lowest BCUT2D eigenvalue weighted by Gasteiger charge is -2.15. The molecule has 1 N–H and O–H groups in total. The van der Waals surface area contributed by atoms with Crippen LogP contribution >= 0.6 is 23.2 Å². The van der Waals surface area contributed by atoms with Crippen LogP contribution < -0.4 is 10.1 Å². The summed E-state index contributed by atoms with van der Waals surface area (Å²) in [4.78, 5) is 0. The predicted octanol–water partition coefficient (Wildman–Crippen LogP) is 6.80. The van der Waals surface area contributed by atoms with Crippen molar-refractivity contribution in [1.29, 1.82) is 0 Å². The summed E-state index contributed by atoms with van der Waals surface area (Å²) in [6, 6.07) is 19.7. The molecule has 0 aliphatic rings. The summed E-state index contributed by atoms with van der Waals surface area (Å²) in [5.41, 5.74) is 5.53. The van der Waals surface area contributed by atoms with Gasteiger partial charge in [0.1, 0.15) is 12.4 Å².